The molecule has 0 bridgehead atoms. The van der Waals surface area contributed by atoms with Crippen LogP contribution in [0.2, 0.25) is 0 Å². The first-order valence-electron chi connectivity index (χ1n) is 45.6. The zero-order valence-corrected chi connectivity index (χ0v) is 75.2. The van der Waals surface area contributed by atoms with Gasteiger partial charge in [0.2, 0.25) is 5.91 Å². The third-order valence-corrected chi connectivity index (χ3v) is 27.1. The number of nitrogens with zero attached hydrogens (tertiary/aromatic N) is 7. The van der Waals surface area contributed by atoms with Crippen LogP contribution in [0.3, 0.4) is 0 Å². The molecule has 3 amide bonds. The summed E-state index contributed by atoms with van der Waals surface area (Å²) in [5, 5.41) is 8.85. The number of benzene rings is 9. The molecule has 0 aromatic heterocycles. The molecular formula is C106H131N7O12. The van der Waals surface area contributed by atoms with Gasteiger partial charge >= 0.3 is 5.97 Å². The Bertz CT molecular complexity index is 4840. The number of Topliss-reactive ketones (excluding diaryl/α,β-unsaturated/α-hetero) is 1. The van der Waals surface area contributed by atoms with Gasteiger partial charge in [0.05, 0.1) is 46.2 Å². The number of piperidine rings is 4. The van der Waals surface area contributed by atoms with E-state index in [1.54, 1.807) is 21.3 Å². The van der Waals surface area contributed by atoms with Crippen LogP contribution in [0, 0.1) is 27.7 Å². The minimum atomic E-state index is -0.990. The summed E-state index contributed by atoms with van der Waals surface area (Å²) in [5.41, 5.74) is 12.6. The molecule has 5 aliphatic heterocycles. The van der Waals surface area contributed by atoms with Crippen LogP contribution in [0.15, 0.2) is 224 Å². The summed E-state index contributed by atoms with van der Waals surface area (Å²) in [6.07, 6.45) is 14.8. The van der Waals surface area contributed by atoms with Crippen molar-refractivity contribution in [2.45, 2.75) is 204 Å². The lowest BCUT2D eigenvalue weighted by Crippen LogP contribution is -2.57. The highest BCUT2D eigenvalue weighted by atomic mass is 16.5. The molecule has 19 heteroatoms. The van der Waals surface area contributed by atoms with Crippen LogP contribution in [0.5, 0.6) is 23.0 Å². The second kappa shape index (κ2) is 43.9. The number of aryl methyl sites for hydroxylation is 4. The van der Waals surface area contributed by atoms with Gasteiger partial charge in [0, 0.05) is 149 Å². The molecule has 125 heavy (non-hydrogen) atoms. The van der Waals surface area contributed by atoms with Crippen molar-refractivity contribution in [2.24, 2.45) is 0 Å². The number of carbonyl (C=O) groups is 5. The van der Waals surface area contributed by atoms with Crippen molar-refractivity contribution >= 4 is 52.2 Å². The van der Waals surface area contributed by atoms with E-state index in [9.17, 15) is 24.0 Å². The molecule has 662 valence electrons. The Hall–Kier alpha value is -10.8. The van der Waals surface area contributed by atoms with E-state index in [2.05, 4.69) is 152 Å². The van der Waals surface area contributed by atoms with E-state index >= 15 is 0 Å². The molecule has 9 aromatic rings. The van der Waals surface area contributed by atoms with Crippen molar-refractivity contribution in [1.82, 2.24) is 24.5 Å². The predicted octanol–water partition coefficient (Wildman–Crippen LogP) is 20.2. The lowest BCUT2D eigenvalue weighted by Gasteiger charge is -2.50. The van der Waals surface area contributed by atoms with E-state index < -0.39 is 11.6 Å². The van der Waals surface area contributed by atoms with Crippen molar-refractivity contribution in [3.8, 4) is 23.0 Å². The minimum absolute atomic E-state index is 0.0693. The van der Waals surface area contributed by atoms with Gasteiger partial charge in [-0.1, -0.05) is 140 Å². The van der Waals surface area contributed by atoms with Gasteiger partial charge in [-0.05, 0) is 261 Å². The average Bonchev–Trinajstić information content (AvgIpc) is 1.32. The zero-order valence-electron chi connectivity index (χ0n) is 75.2. The number of hydrogen-bond acceptors (Lipinski definition) is 15. The summed E-state index contributed by atoms with van der Waals surface area (Å²) in [4.78, 5) is 81.2. The normalized spacial score (nSPS) is 17.5. The second-order valence-corrected chi connectivity index (χ2v) is 35.3. The summed E-state index contributed by atoms with van der Waals surface area (Å²) in [6, 6.07) is 76.8. The maximum absolute atomic E-state index is 14.0. The molecule has 0 unspecified atom stereocenters. The molecular weight excluding hydrogens is 1560 g/mol. The quantitative estimate of drug-likeness (QED) is 0.0289. The van der Waals surface area contributed by atoms with Crippen molar-refractivity contribution < 1.29 is 57.5 Å². The first-order chi connectivity index (χ1) is 60.7. The number of rotatable bonds is 36. The number of methoxy groups -OCH3 is 3. The fourth-order valence-corrected chi connectivity index (χ4v) is 19.6. The standard InChI is InChI=1S/C70H86N4O8.C36H45N3O4/c1-52-19-17-20-53(2)67(52)68(77)71-46-42-69(3,43-47-71)72-44-40-59(41-45-72)74(57-23-13-10-14-24-57)58-32-38-64(39-33-58)81-48-18-26-61(75)25-15-7-8-16-27-66(76)73-50-65(80-6)49-60(73)51-82-70(54-21-11-9-12-22-54,55-28-34-62(78-4)35-29-55)56-30-36-63(79-5)37-31-56;1-27-9-7-10-28(2)34(27)35(42)37-24-20-36(3,21-25-37)38-22-18-31(19-23-38)39(29-11-5-4-6-12-29)30-14-16-32(17-15-30)43-26-8-13-33(40)41/h9-14,17,19-24,28-39,59-60,65H,7-8,15-16,18,25-27,40-51H2,1-6H3;4-7,9-12,14-17,31H,8,13,18-26H2,1-3H3,(H,40,41)/t60-,65+;/m0./s1. The molecule has 0 aliphatic carbocycles. The lowest BCUT2D eigenvalue weighted by atomic mass is 9.80. The molecule has 2 atom stereocenters. The number of unbranched alkanes of at least 4 members (excludes halogenated alkanes) is 3. The smallest absolute Gasteiger partial charge is 0.303 e. The number of hydrogen-bond donors (Lipinski definition) is 1. The van der Waals surface area contributed by atoms with Gasteiger partial charge in [-0.3, -0.25) is 33.8 Å². The van der Waals surface area contributed by atoms with Gasteiger partial charge in [0.25, 0.3) is 11.8 Å². The van der Waals surface area contributed by atoms with Crippen LogP contribution in [-0.2, 0) is 29.5 Å². The monoisotopic (exact) mass is 1690 g/mol. The molecule has 14 rings (SSSR count). The third-order valence-electron chi connectivity index (χ3n) is 27.1. The van der Waals surface area contributed by atoms with Crippen LogP contribution in [0.1, 0.15) is 196 Å². The molecule has 5 aliphatic rings. The van der Waals surface area contributed by atoms with Gasteiger partial charge in [0.1, 0.15) is 34.4 Å². The van der Waals surface area contributed by atoms with E-state index in [0.717, 1.165) is 214 Å². The van der Waals surface area contributed by atoms with Gasteiger partial charge in [-0.15, -0.1) is 0 Å². The van der Waals surface area contributed by atoms with Crippen molar-refractivity contribution in [3.63, 3.8) is 0 Å². The maximum Gasteiger partial charge on any atom is 0.303 e. The van der Waals surface area contributed by atoms with Crippen LogP contribution < -0.4 is 28.7 Å². The summed E-state index contributed by atoms with van der Waals surface area (Å²) in [5.74, 6) is 2.96. The van der Waals surface area contributed by atoms with Crippen LogP contribution in [0.4, 0.5) is 22.7 Å². The first kappa shape index (κ1) is 91.9. The number of anilines is 4. The Kier molecular flexibility index (Phi) is 32.2. The Balaban J connectivity index is 0.000000261. The Morgan fingerprint density at radius 1 is 0.416 bits per heavy atom. The molecule has 1 N–H and O–H groups in total. The molecule has 5 saturated heterocycles. The zero-order chi connectivity index (χ0) is 87.9. The fourth-order valence-electron chi connectivity index (χ4n) is 19.6. The summed E-state index contributed by atoms with van der Waals surface area (Å²) in [6.45, 7) is 21.9. The number of amides is 3. The van der Waals surface area contributed by atoms with Crippen molar-refractivity contribution in [3.05, 3.63) is 275 Å². The second-order valence-electron chi connectivity index (χ2n) is 35.3. The predicted molar refractivity (Wildman–Crippen MR) is 497 cm³/mol. The van der Waals surface area contributed by atoms with Crippen molar-refractivity contribution in [2.75, 3.05) is 110 Å². The summed E-state index contributed by atoms with van der Waals surface area (Å²) < 4.78 is 36.1. The largest absolute Gasteiger partial charge is 0.497 e. The molecule has 5 fully saturated rings. The van der Waals surface area contributed by atoms with E-state index in [1.165, 1.54) is 11.4 Å². The lowest BCUT2D eigenvalue weighted by molar-refractivity contribution is -0.137. The van der Waals surface area contributed by atoms with E-state index in [0.29, 0.717) is 77.0 Å². The number of likely N-dealkylation sites (tertiary alicyclic amines) is 5. The molecule has 19 nitrogen and oxygen atoms in total. The molecule has 5 heterocycles. The molecule has 9 aromatic carbocycles. The number of ether oxygens (including phenoxy) is 6. The van der Waals surface area contributed by atoms with Gasteiger partial charge in [-0.2, -0.15) is 0 Å². The van der Waals surface area contributed by atoms with Gasteiger partial charge in [-0.25, -0.2) is 0 Å². The molecule has 0 saturated carbocycles. The number of aliphatic carboxylic acids is 1. The highest BCUT2D eigenvalue weighted by molar-refractivity contribution is 5.98. The first-order valence-corrected chi connectivity index (χ1v) is 45.6. The highest BCUT2D eigenvalue weighted by Crippen LogP contribution is 2.45. The van der Waals surface area contributed by atoms with E-state index in [-0.39, 0.29) is 53.1 Å². The number of ketones is 1. The van der Waals surface area contributed by atoms with Gasteiger partial charge in [0.15, 0.2) is 0 Å². The van der Waals surface area contributed by atoms with Crippen molar-refractivity contribution in [1.29, 1.82) is 0 Å². The third kappa shape index (κ3) is 23.1. The number of para-hydroxylation sites is 2. The minimum Gasteiger partial charge on any atom is -0.497 e. The number of carboxylic acid groups (broad SMARTS) is 1. The van der Waals surface area contributed by atoms with Crippen LogP contribution in [-0.4, -0.2) is 194 Å². The Morgan fingerprint density at radius 3 is 1.18 bits per heavy atom. The van der Waals surface area contributed by atoms with E-state index in [4.69, 9.17) is 33.5 Å². The average molecular weight is 1700 g/mol. The molecule has 0 spiro atoms. The van der Waals surface area contributed by atoms with Gasteiger partial charge < -0.3 is 58.0 Å². The van der Waals surface area contributed by atoms with Crippen LogP contribution >= 0.6 is 0 Å². The number of carbonyl (C=O) groups excluding carboxylic acids is 4. The number of carboxylic acids is 1. The topological polar surface area (TPSA) is 184 Å². The van der Waals surface area contributed by atoms with Crippen LogP contribution in [0.25, 0.3) is 0 Å². The fraction of sp³-hybridized carbons (Fsp3) is 0.443. The molecule has 0 radical (unpaired) electrons. The summed E-state index contributed by atoms with van der Waals surface area (Å²) in [7, 11) is 5.03. The SMILES string of the molecule is COc1ccc(C(OC[C@@H]2C[C@@H](OC)CN2C(=O)CCCCCCC(=O)CCCOc2ccc(N(c3ccccc3)C3CCN(C4(C)CCN(C(=O)c5c(C)cccc5C)CC4)CC3)cc2)(c2ccccc2)c2ccc(OC)cc2)cc1.Cc1cccc(C)c1C(=O)N1CCC(C)(N2CCC(N(c3ccccc3)c3ccc(OCCCC(=O)O)cc3)CC2)CC1. The summed E-state index contributed by atoms with van der Waals surface area (Å²) >= 11 is 0. The van der Waals surface area contributed by atoms with E-state index in [1.807, 2.05) is 148 Å². The maximum atomic E-state index is 14.0. The Morgan fingerprint density at radius 2 is 0.784 bits per heavy atom. The highest BCUT2D eigenvalue weighted by Gasteiger charge is 2.45. The Labute approximate surface area is 741 Å².